The van der Waals surface area contributed by atoms with Gasteiger partial charge in [-0.25, -0.2) is 0 Å². The van der Waals surface area contributed by atoms with Gasteiger partial charge in [0.2, 0.25) is 0 Å². The number of carboxylic acids is 2. The maximum Gasteiger partial charge on any atom is 1.00 e. The average molecular weight is 403 g/mol. The molecule has 0 saturated heterocycles. The van der Waals surface area contributed by atoms with E-state index in [4.69, 9.17) is 20.2 Å². The van der Waals surface area contributed by atoms with Gasteiger partial charge in [-0.05, 0) is 42.3 Å². The minimum absolute atomic E-state index is 0. The van der Waals surface area contributed by atoms with E-state index in [2.05, 4.69) is 0 Å². The molecule has 0 aliphatic rings. The van der Waals surface area contributed by atoms with E-state index < -0.39 is 36.0 Å². The normalized spacial score (nSPS) is 10.7. The number of nitrogens with zero attached hydrogens (tertiary/aromatic N) is 1. The first-order valence-electron chi connectivity index (χ1n) is 7.45. The number of rotatable bonds is 6. The molecule has 0 saturated carbocycles. The minimum atomic E-state index is -4.68. The zero-order valence-electron chi connectivity index (χ0n) is 15.5. The summed E-state index contributed by atoms with van der Waals surface area (Å²) in [6.07, 6.45) is -5.25. The van der Waals surface area contributed by atoms with Crippen LogP contribution in [0.1, 0.15) is 18.1 Å². The van der Waals surface area contributed by atoms with E-state index in [0.717, 1.165) is 6.07 Å². The Morgan fingerprint density at radius 2 is 1.79 bits per heavy atom. The molecule has 6 nitrogen and oxygen atoms in total. The fraction of sp³-hybridized carbons (Fsp3) is 0.167. The molecule has 2 rings (SSSR count). The van der Waals surface area contributed by atoms with Crippen LogP contribution in [0.5, 0.6) is 11.5 Å². The molecule has 0 spiro atoms. The molecule has 0 aromatic heterocycles. The summed E-state index contributed by atoms with van der Waals surface area (Å²) in [7, 11) is 0. The summed E-state index contributed by atoms with van der Waals surface area (Å²) < 4.78 is 44.4. The van der Waals surface area contributed by atoms with Crippen molar-refractivity contribution in [2.24, 2.45) is 5.92 Å². The monoisotopic (exact) mass is 403 g/mol. The summed E-state index contributed by atoms with van der Waals surface area (Å²) in [4.78, 5) is 22.2. The Bertz CT molecular complexity index is 916. The van der Waals surface area contributed by atoms with Crippen LogP contribution in [0.25, 0.3) is 0 Å². The third-order valence-corrected chi connectivity index (χ3v) is 3.61. The van der Waals surface area contributed by atoms with Gasteiger partial charge in [0, 0.05) is 0 Å². The third-order valence-electron chi connectivity index (χ3n) is 3.61. The van der Waals surface area contributed by atoms with E-state index in [1.807, 2.05) is 6.07 Å². The van der Waals surface area contributed by atoms with E-state index >= 15 is 0 Å². The summed E-state index contributed by atoms with van der Waals surface area (Å²) in [5, 5.41) is 26.9. The first-order valence-corrected chi connectivity index (χ1v) is 7.45. The van der Waals surface area contributed by atoms with Gasteiger partial charge in [0.25, 0.3) is 0 Å². The molecule has 0 radical (unpaired) electrons. The van der Waals surface area contributed by atoms with Crippen LogP contribution >= 0.6 is 0 Å². The molecule has 0 heterocycles. The van der Waals surface area contributed by atoms with E-state index in [0.29, 0.717) is 12.1 Å². The molecule has 0 aliphatic carbocycles. The standard InChI is InChI=1S/C18H12F3NO5.Na.H/c19-18(20,21)12-5-4-11(7-14(16(23)24)17(25)26)15(8-12)27-13-3-1-2-10(6-13)9-22;;/h1-6,8,14H,7H2,(H,23,24)(H,25,26);;/q;+1;-1. The molecular formula is C18H13F3NNaO5. The second-order valence-corrected chi connectivity index (χ2v) is 5.50. The molecule has 2 aromatic rings. The van der Waals surface area contributed by atoms with E-state index in [9.17, 15) is 22.8 Å². The number of hydrogen-bond donors (Lipinski definition) is 2. The van der Waals surface area contributed by atoms with E-state index in [1.54, 1.807) is 0 Å². The van der Waals surface area contributed by atoms with Crippen LogP contribution < -0.4 is 34.3 Å². The Labute approximate surface area is 180 Å². The quantitative estimate of drug-likeness (QED) is 0.546. The van der Waals surface area contributed by atoms with Gasteiger partial charge in [0.15, 0.2) is 5.92 Å². The fourth-order valence-electron chi connectivity index (χ4n) is 2.25. The predicted octanol–water partition coefficient (Wildman–Crippen LogP) is 0.814. The zero-order valence-corrected chi connectivity index (χ0v) is 16.5. The molecule has 0 aliphatic heterocycles. The minimum Gasteiger partial charge on any atom is -1.00 e. The number of carbonyl (C=O) groups is 2. The summed E-state index contributed by atoms with van der Waals surface area (Å²) >= 11 is 0. The molecular weight excluding hydrogens is 390 g/mol. The van der Waals surface area contributed by atoms with Crippen molar-refractivity contribution in [2.45, 2.75) is 12.6 Å². The van der Waals surface area contributed by atoms with Gasteiger partial charge < -0.3 is 16.4 Å². The Kier molecular flexibility index (Phi) is 8.05. The molecule has 0 bridgehead atoms. The van der Waals surface area contributed by atoms with Gasteiger partial charge in [0.05, 0.1) is 17.2 Å². The van der Waals surface area contributed by atoms with Gasteiger partial charge in [-0.2, -0.15) is 18.4 Å². The number of ether oxygens (including phenoxy) is 1. The van der Waals surface area contributed by atoms with Crippen LogP contribution in [-0.2, 0) is 22.2 Å². The van der Waals surface area contributed by atoms with Crippen LogP contribution in [-0.4, -0.2) is 22.2 Å². The van der Waals surface area contributed by atoms with Crippen molar-refractivity contribution in [3.8, 4) is 17.6 Å². The fourth-order valence-corrected chi connectivity index (χ4v) is 2.25. The maximum atomic E-state index is 13.0. The van der Waals surface area contributed by atoms with Crippen molar-refractivity contribution in [3.63, 3.8) is 0 Å². The van der Waals surface area contributed by atoms with Gasteiger partial charge in [-0.1, -0.05) is 12.1 Å². The largest absolute Gasteiger partial charge is 1.00 e. The topological polar surface area (TPSA) is 108 Å². The Balaban J connectivity index is 0.00000392. The summed E-state index contributed by atoms with van der Waals surface area (Å²) in [5.74, 6) is -5.39. The van der Waals surface area contributed by atoms with Crippen LogP contribution in [0.4, 0.5) is 13.2 Å². The predicted molar refractivity (Wildman–Crippen MR) is 86.3 cm³/mol. The number of hydrogen-bond acceptors (Lipinski definition) is 4. The number of nitriles is 1. The van der Waals surface area contributed by atoms with Crippen LogP contribution in [0, 0.1) is 17.2 Å². The summed E-state index contributed by atoms with van der Waals surface area (Å²) in [5.41, 5.74) is -0.866. The van der Waals surface area contributed by atoms with Crippen molar-refractivity contribution in [3.05, 3.63) is 59.2 Å². The van der Waals surface area contributed by atoms with Crippen molar-refractivity contribution >= 4 is 11.9 Å². The van der Waals surface area contributed by atoms with Crippen molar-refractivity contribution < 1.29 is 68.7 Å². The first kappa shape index (κ1) is 23.5. The summed E-state index contributed by atoms with van der Waals surface area (Å²) in [6, 6.07) is 9.81. The average Bonchev–Trinajstić information content (AvgIpc) is 2.59. The van der Waals surface area contributed by atoms with Crippen LogP contribution in [0.2, 0.25) is 0 Å². The molecule has 28 heavy (non-hydrogen) atoms. The van der Waals surface area contributed by atoms with Gasteiger partial charge in [-0.15, -0.1) is 0 Å². The molecule has 0 atom stereocenters. The van der Waals surface area contributed by atoms with Crippen LogP contribution in [0.3, 0.4) is 0 Å². The van der Waals surface area contributed by atoms with Crippen molar-refractivity contribution in [1.29, 1.82) is 5.26 Å². The van der Waals surface area contributed by atoms with Crippen molar-refractivity contribution in [1.82, 2.24) is 0 Å². The third kappa shape index (κ3) is 5.99. The smallest absolute Gasteiger partial charge is 1.00 e. The molecule has 0 fully saturated rings. The molecule has 0 amide bonds. The molecule has 0 unspecified atom stereocenters. The second kappa shape index (κ2) is 9.59. The van der Waals surface area contributed by atoms with Gasteiger partial charge in [-0.3, -0.25) is 9.59 Å². The first-order chi connectivity index (χ1) is 12.6. The molecule has 142 valence electrons. The van der Waals surface area contributed by atoms with E-state index in [1.165, 1.54) is 24.3 Å². The SMILES string of the molecule is N#Cc1cccc(Oc2cc(C(F)(F)F)ccc2CC(C(=O)O)C(=O)O)c1.[H-].[Na+]. The second-order valence-electron chi connectivity index (χ2n) is 5.50. The Morgan fingerprint density at radius 3 is 2.32 bits per heavy atom. The Morgan fingerprint density at radius 1 is 1.14 bits per heavy atom. The van der Waals surface area contributed by atoms with Gasteiger partial charge >= 0.3 is 47.7 Å². The number of carboxylic acid groups (broad SMARTS) is 2. The number of benzene rings is 2. The summed E-state index contributed by atoms with van der Waals surface area (Å²) in [6.45, 7) is 0. The van der Waals surface area contributed by atoms with Gasteiger partial charge in [0.1, 0.15) is 11.5 Å². The number of alkyl halides is 3. The van der Waals surface area contributed by atoms with Crippen molar-refractivity contribution in [2.75, 3.05) is 0 Å². The number of halogens is 3. The van der Waals surface area contributed by atoms with E-state index in [-0.39, 0.29) is 53.6 Å². The molecule has 2 aromatic carbocycles. The zero-order chi connectivity index (χ0) is 20.2. The Hall–Kier alpha value is -2.54. The maximum absolute atomic E-state index is 13.0. The molecule has 10 heteroatoms. The molecule has 2 N–H and O–H groups in total. The van der Waals surface area contributed by atoms with Crippen LogP contribution in [0.15, 0.2) is 42.5 Å². The number of aliphatic carboxylic acids is 2.